The van der Waals surface area contributed by atoms with Gasteiger partial charge in [-0.2, -0.15) is 0 Å². The summed E-state index contributed by atoms with van der Waals surface area (Å²) in [6.45, 7) is 4.47. The smallest absolute Gasteiger partial charge is 0.237 e. The van der Waals surface area contributed by atoms with Crippen LogP contribution in [-0.2, 0) is 11.3 Å². The molecule has 28 heavy (non-hydrogen) atoms. The number of benzene rings is 2. The number of nitrogens with one attached hydrogen (secondary N) is 2. The van der Waals surface area contributed by atoms with Crippen LogP contribution in [0.15, 0.2) is 66.0 Å². The molecule has 4 nitrogen and oxygen atoms in total. The molecule has 0 spiro atoms. The second-order valence-corrected chi connectivity index (χ2v) is 7.79. The van der Waals surface area contributed by atoms with Crippen LogP contribution < -0.4 is 15.4 Å². The van der Waals surface area contributed by atoms with Crippen LogP contribution >= 0.6 is 11.3 Å². The van der Waals surface area contributed by atoms with E-state index in [4.69, 9.17) is 4.74 Å². The minimum Gasteiger partial charge on any atom is -0.497 e. The van der Waals surface area contributed by atoms with E-state index in [1.807, 2.05) is 37.3 Å². The lowest BCUT2D eigenvalue weighted by molar-refractivity contribution is -0.123. The summed E-state index contributed by atoms with van der Waals surface area (Å²) in [7, 11) is 1.64. The standard InChI is InChI=1S/C23H26N2O2S/c1-16-6-10-19(11-7-16)22(21-5-4-14-28-21)25-17(2)23(26)24-15-18-8-12-20(27-3)13-9-18/h4-14,17,22,25H,15H2,1-3H3,(H,24,26)/t17-,22-/m0/s1. The molecular weight excluding hydrogens is 368 g/mol. The molecule has 0 unspecified atom stereocenters. The number of amides is 1. The molecule has 0 aliphatic carbocycles. The summed E-state index contributed by atoms with van der Waals surface area (Å²) in [6, 6.07) is 20.0. The van der Waals surface area contributed by atoms with E-state index >= 15 is 0 Å². The molecule has 1 heterocycles. The van der Waals surface area contributed by atoms with Crippen molar-refractivity contribution in [1.82, 2.24) is 10.6 Å². The van der Waals surface area contributed by atoms with Crippen molar-refractivity contribution in [3.05, 3.63) is 87.6 Å². The molecule has 0 radical (unpaired) electrons. The van der Waals surface area contributed by atoms with E-state index < -0.39 is 0 Å². The molecule has 3 rings (SSSR count). The predicted octanol–water partition coefficient (Wildman–Crippen LogP) is 4.45. The predicted molar refractivity (Wildman–Crippen MR) is 115 cm³/mol. The third-order valence-corrected chi connectivity index (χ3v) is 5.61. The molecule has 1 amide bonds. The van der Waals surface area contributed by atoms with Crippen molar-refractivity contribution >= 4 is 17.2 Å². The summed E-state index contributed by atoms with van der Waals surface area (Å²) in [5, 5.41) is 8.56. The minimum absolute atomic E-state index is 0.0117. The molecule has 1 aromatic heterocycles. The van der Waals surface area contributed by atoms with Gasteiger partial charge in [0.15, 0.2) is 0 Å². The van der Waals surface area contributed by atoms with E-state index in [1.54, 1.807) is 18.4 Å². The second kappa shape index (κ2) is 9.53. The van der Waals surface area contributed by atoms with E-state index in [2.05, 4.69) is 53.3 Å². The first-order valence-corrected chi connectivity index (χ1v) is 10.2. The maximum Gasteiger partial charge on any atom is 0.237 e. The Hall–Kier alpha value is -2.63. The summed E-state index contributed by atoms with van der Waals surface area (Å²) in [6.07, 6.45) is 0. The van der Waals surface area contributed by atoms with Crippen LogP contribution in [-0.4, -0.2) is 19.1 Å². The van der Waals surface area contributed by atoms with Gasteiger partial charge in [-0.15, -0.1) is 11.3 Å². The molecule has 2 aromatic carbocycles. The number of thiophene rings is 1. The van der Waals surface area contributed by atoms with Gasteiger partial charge in [0.05, 0.1) is 19.2 Å². The van der Waals surface area contributed by atoms with Gasteiger partial charge < -0.3 is 10.1 Å². The first-order valence-electron chi connectivity index (χ1n) is 9.33. The molecule has 0 aliphatic rings. The fraction of sp³-hybridized carbons (Fsp3) is 0.261. The number of carbonyl (C=O) groups excluding carboxylic acids is 1. The van der Waals surface area contributed by atoms with Crippen LogP contribution in [0.4, 0.5) is 0 Å². The molecule has 0 aliphatic heterocycles. The highest BCUT2D eigenvalue weighted by Crippen LogP contribution is 2.26. The number of ether oxygens (including phenoxy) is 1. The summed E-state index contributed by atoms with van der Waals surface area (Å²) in [5.74, 6) is 0.784. The third-order valence-electron chi connectivity index (χ3n) is 4.67. The van der Waals surface area contributed by atoms with Crippen LogP contribution in [0.5, 0.6) is 5.75 Å². The fourth-order valence-corrected chi connectivity index (χ4v) is 3.78. The van der Waals surface area contributed by atoms with Crippen LogP contribution in [0, 0.1) is 6.92 Å². The molecule has 2 atom stereocenters. The van der Waals surface area contributed by atoms with Gasteiger partial charge in [-0.3, -0.25) is 10.1 Å². The average Bonchev–Trinajstić information content (AvgIpc) is 3.25. The van der Waals surface area contributed by atoms with Crippen molar-refractivity contribution in [1.29, 1.82) is 0 Å². The van der Waals surface area contributed by atoms with Crippen LogP contribution in [0.3, 0.4) is 0 Å². The lowest BCUT2D eigenvalue weighted by Gasteiger charge is -2.23. The number of carbonyl (C=O) groups is 1. The Balaban J connectivity index is 1.64. The van der Waals surface area contributed by atoms with Crippen molar-refractivity contribution in [2.24, 2.45) is 0 Å². The van der Waals surface area contributed by atoms with Crippen LogP contribution in [0.1, 0.15) is 34.5 Å². The molecule has 146 valence electrons. The number of rotatable bonds is 8. The Morgan fingerprint density at radius 2 is 1.79 bits per heavy atom. The van der Waals surface area contributed by atoms with Gasteiger partial charge in [0.1, 0.15) is 5.75 Å². The van der Waals surface area contributed by atoms with Gasteiger partial charge in [-0.05, 0) is 48.6 Å². The average molecular weight is 395 g/mol. The Morgan fingerprint density at radius 3 is 2.39 bits per heavy atom. The Kier molecular flexibility index (Phi) is 6.85. The van der Waals surface area contributed by atoms with E-state index in [0.29, 0.717) is 6.54 Å². The minimum atomic E-state index is -0.327. The number of methoxy groups -OCH3 is 1. The fourth-order valence-electron chi connectivity index (χ4n) is 2.97. The van der Waals surface area contributed by atoms with E-state index in [1.165, 1.54) is 10.4 Å². The summed E-state index contributed by atoms with van der Waals surface area (Å²) in [5.41, 5.74) is 3.41. The molecular formula is C23H26N2O2S. The summed E-state index contributed by atoms with van der Waals surface area (Å²) < 4.78 is 5.17. The number of hydrogen-bond acceptors (Lipinski definition) is 4. The first-order chi connectivity index (χ1) is 13.6. The molecule has 0 saturated heterocycles. The third kappa shape index (κ3) is 5.21. The Bertz CT molecular complexity index is 874. The lowest BCUT2D eigenvalue weighted by atomic mass is 10.0. The highest BCUT2D eigenvalue weighted by Gasteiger charge is 2.21. The lowest BCUT2D eigenvalue weighted by Crippen LogP contribution is -2.43. The summed E-state index contributed by atoms with van der Waals surface area (Å²) >= 11 is 1.69. The van der Waals surface area contributed by atoms with Gasteiger partial charge in [-0.1, -0.05) is 48.0 Å². The van der Waals surface area contributed by atoms with Crippen LogP contribution in [0.25, 0.3) is 0 Å². The second-order valence-electron chi connectivity index (χ2n) is 6.81. The van der Waals surface area contributed by atoms with E-state index in [-0.39, 0.29) is 18.0 Å². The topological polar surface area (TPSA) is 50.4 Å². The van der Waals surface area contributed by atoms with Crippen molar-refractivity contribution < 1.29 is 9.53 Å². The van der Waals surface area contributed by atoms with Gasteiger partial charge >= 0.3 is 0 Å². The zero-order valence-electron chi connectivity index (χ0n) is 16.4. The first kappa shape index (κ1) is 20.1. The van der Waals surface area contributed by atoms with E-state index in [9.17, 15) is 4.79 Å². The van der Waals surface area contributed by atoms with Gasteiger partial charge in [0.25, 0.3) is 0 Å². The Morgan fingerprint density at radius 1 is 1.07 bits per heavy atom. The van der Waals surface area contributed by atoms with Crippen molar-refractivity contribution in [2.75, 3.05) is 7.11 Å². The largest absolute Gasteiger partial charge is 0.497 e. The summed E-state index contributed by atoms with van der Waals surface area (Å²) in [4.78, 5) is 13.8. The van der Waals surface area contributed by atoms with Crippen LogP contribution in [0.2, 0.25) is 0 Å². The maximum atomic E-state index is 12.6. The monoisotopic (exact) mass is 394 g/mol. The zero-order valence-corrected chi connectivity index (χ0v) is 17.3. The highest BCUT2D eigenvalue weighted by atomic mass is 32.1. The maximum absolute atomic E-state index is 12.6. The highest BCUT2D eigenvalue weighted by molar-refractivity contribution is 7.10. The quantitative estimate of drug-likeness (QED) is 0.593. The molecule has 0 fully saturated rings. The molecule has 0 bridgehead atoms. The van der Waals surface area contributed by atoms with Gasteiger partial charge in [-0.25, -0.2) is 0 Å². The van der Waals surface area contributed by atoms with Crippen molar-refractivity contribution in [3.8, 4) is 5.75 Å². The zero-order chi connectivity index (χ0) is 19.9. The van der Waals surface area contributed by atoms with Crippen molar-refractivity contribution in [3.63, 3.8) is 0 Å². The molecule has 2 N–H and O–H groups in total. The molecule has 3 aromatic rings. The van der Waals surface area contributed by atoms with Gasteiger partial charge in [0, 0.05) is 11.4 Å². The van der Waals surface area contributed by atoms with Gasteiger partial charge in [0.2, 0.25) is 5.91 Å². The molecule has 0 saturated carbocycles. The molecule has 5 heteroatoms. The van der Waals surface area contributed by atoms with E-state index in [0.717, 1.165) is 16.9 Å². The normalized spacial score (nSPS) is 13.0. The SMILES string of the molecule is COc1ccc(CNC(=O)[C@H](C)N[C@@H](c2ccc(C)cc2)c2cccs2)cc1. The Labute approximate surface area is 170 Å². The van der Waals surface area contributed by atoms with Crippen molar-refractivity contribution in [2.45, 2.75) is 32.5 Å². The number of hydrogen-bond donors (Lipinski definition) is 2. The number of aryl methyl sites for hydroxylation is 1.